The number of nitrogens with zero attached hydrogens (tertiary/aromatic N) is 2. The largest absolute Gasteiger partial charge is 0.474 e. The van der Waals surface area contributed by atoms with Gasteiger partial charge in [0, 0.05) is 6.42 Å². The van der Waals surface area contributed by atoms with Crippen LogP contribution in [0.5, 0.6) is 5.75 Å². The van der Waals surface area contributed by atoms with Crippen molar-refractivity contribution in [1.82, 2.24) is 9.13 Å². The summed E-state index contributed by atoms with van der Waals surface area (Å²) >= 11 is 0. The predicted molar refractivity (Wildman–Crippen MR) is 78.6 cm³/mol. The van der Waals surface area contributed by atoms with E-state index in [1.807, 2.05) is 0 Å². The summed E-state index contributed by atoms with van der Waals surface area (Å²) in [6.07, 6.45) is 7.77. The number of alkyl halides is 1. The van der Waals surface area contributed by atoms with Crippen LogP contribution in [-0.4, -0.2) is 39.7 Å². The van der Waals surface area contributed by atoms with Crippen molar-refractivity contribution in [3.05, 3.63) is 27.0 Å². The van der Waals surface area contributed by atoms with Crippen LogP contribution in [0.25, 0.3) is 0 Å². The molecule has 122 valence electrons. The van der Waals surface area contributed by atoms with Crippen LogP contribution in [0.3, 0.4) is 0 Å². The third-order valence-corrected chi connectivity index (χ3v) is 3.38. The van der Waals surface area contributed by atoms with Crippen molar-refractivity contribution in [2.45, 2.75) is 31.5 Å². The Morgan fingerprint density at radius 3 is 2.74 bits per heavy atom. The maximum Gasteiger partial charge on any atom is 0.334 e. The zero-order valence-electron chi connectivity index (χ0n) is 12.1. The van der Waals surface area contributed by atoms with Crippen LogP contribution in [0.1, 0.15) is 12.6 Å². The first-order chi connectivity index (χ1) is 11.0. The third-order valence-electron chi connectivity index (χ3n) is 3.38. The highest BCUT2D eigenvalue weighted by Gasteiger charge is 2.37. The zero-order valence-corrected chi connectivity index (χ0v) is 12.1. The quantitative estimate of drug-likeness (QED) is 0.723. The number of hydrogen-bond donors (Lipinski definition) is 1. The Hall–Kier alpha value is -2.55. The SMILES string of the molecule is C#CCOc1cn([C@H]2C[C@H](F)[C@@H](CO)O2)c(=O)n(CC#C)c1=O. The van der Waals surface area contributed by atoms with Crippen molar-refractivity contribution in [3.63, 3.8) is 0 Å². The van der Waals surface area contributed by atoms with Gasteiger partial charge in [0.2, 0.25) is 5.75 Å². The van der Waals surface area contributed by atoms with Crippen LogP contribution in [0.15, 0.2) is 15.8 Å². The first-order valence-electron chi connectivity index (χ1n) is 6.79. The Kier molecular flexibility index (Phi) is 5.22. The van der Waals surface area contributed by atoms with E-state index in [-0.39, 0.29) is 25.3 Å². The Morgan fingerprint density at radius 1 is 1.43 bits per heavy atom. The molecule has 0 radical (unpaired) electrons. The summed E-state index contributed by atoms with van der Waals surface area (Å²) in [5.41, 5.74) is -1.48. The monoisotopic (exact) mass is 322 g/mol. The van der Waals surface area contributed by atoms with E-state index >= 15 is 0 Å². The Labute approximate surface area is 131 Å². The molecule has 23 heavy (non-hydrogen) atoms. The summed E-state index contributed by atoms with van der Waals surface area (Å²) < 4.78 is 25.9. The first kappa shape index (κ1) is 16.8. The van der Waals surface area contributed by atoms with Crippen molar-refractivity contribution < 1.29 is 19.0 Å². The van der Waals surface area contributed by atoms with E-state index in [4.69, 9.17) is 27.4 Å². The van der Waals surface area contributed by atoms with Gasteiger partial charge in [0.15, 0.2) is 0 Å². The molecule has 1 fully saturated rings. The average Bonchev–Trinajstić information content (AvgIpc) is 2.91. The van der Waals surface area contributed by atoms with Gasteiger partial charge in [-0.25, -0.2) is 13.8 Å². The summed E-state index contributed by atoms with van der Waals surface area (Å²) in [4.78, 5) is 24.5. The lowest BCUT2D eigenvalue weighted by Crippen LogP contribution is -2.41. The van der Waals surface area contributed by atoms with Crippen molar-refractivity contribution in [3.8, 4) is 30.4 Å². The minimum Gasteiger partial charge on any atom is -0.474 e. The van der Waals surface area contributed by atoms with Gasteiger partial charge in [0.25, 0.3) is 5.56 Å². The molecular weight excluding hydrogens is 307 g/mol. The fourth-order valence-electron chi connectivity index (χ4n) is 2.28. The summed E-state index contributed by atoms with van der Waals surface area (Å²) in [5, 5.41) is 9.04. The Balaban J connectivity index is 2.49. The first-order valence-corrected chi connectivity index (χ1v) is 6.79. The number of ether oxygens (including phenoxy) is 2. The highest BCUT2D eigenvalue weighted by molar-refractivity contribution is 5.15. The molecule has 1 aromatic heterocycles. The van der Waals surface area contributed by atoms with Gasteiger partial charge < -0.3 is 14.6 Å². The molecule has 0 unspecified atom stereocenters. The fraction of sp³-hybridized carbons (Fsp3) is 0.467. The average molecular weight is 322 g/mol. The van der Waals surface area contributed by atoms with Gasteiger partial charge in [-0.2, -0.15) is 0 Å². The zero-order chi connectivity index (χ0) is 17.0. The maximum atomic E-state index is 13.7. The van der Waals surface area contributed by atoms with E-state index in [0.717, 1.165) is 15.3 Å². The predicted octanol–water partition coefficient (Wildman–Crippen LogP) is -0.727. The molecule has 0 spiro atoms. The molecule has 2 heterocycles. The van der Waals surface area contributed by atoms with E-state index in [1.165, 1.54) is 0 Å². The van der Waals surface area contributed by atoms with Crippen LogP contribution >= 0.6 is 0 Å². The lowest BCUT2D eigenvalue weighted by Gasteiger charge is -2.17. The van der Waals surface area contributed by atoms with Crippen LogP contribution in [-0.2, 0) is 11.3 Å². The van der Waals surface area contributed by atoms with E-state index < -0.39 is 36.4 Å². The summed E-state index contributed by atoms with van der Waals surface area (Å²) in [5.74, 6) is 4.20. The van der Waals surface area contributed by atoms with Crippen LogP contribution in [0.4, 0.5) is 4.39 Å². The van der Waals surface area contributed by atoms with Gasteiger partial charge in [-0.3, -0.25) is 9.36 Å². The molecule has 1 saturated heterocycles. The lowest BCUT2D eigenvalue weighted by atomic mass is 10.2. The van der Waals surface area contributed by atoms with Gasteiger partial charge in [0.05, 0.1) is 19.3 Å². The van der Waals surface area contributed by atoms with E-state index in [0.29, 0.717) is 0 Å². The topological polar surface area (TPSA) is 82.7 Å². The molecule has 0 aromatic carbocycles. The van der Waals surface area contributed by atoms with Crippen molar-refractivity contribution >= 4 is 0 Å². The number of halogens is 1. The fourth-order valence-corrected chi connectivity index (χ4v) is 2.28. The molecule has 8 heteroatoms. The number of aromatic nitrogens is 2. The highest BCUT2D eigenvalue weighted by atomic mass is 19.1. The van der Waals surface area contributed by atoms with Gasteiger partial charge in [-0.05, 0) is 0 Å². The number of aliphatic hydroxyl groups excluding tert-OH is 1. The number of aliphatic hydroxyl groups is 1. The van der Waals surface area contributed by atoms with Gasteiger partial charge >= 0.3 is 5.69 Å². The molecule has 0 aliphatic carbocycles. The highest BCUT2D eigenvalue weighted by Crippen LogP contribution is 2.29. The molecule has 1 N–H and O–H groups in total. The molecule has 7 nitrogen and oxygen atoms in total. The number of rotatable bonds is 5. The summed E-state index contributed by atoms with van der Waals surface area (Å²) in [6, 6.07) is 0. The van der Waals surface area contributed by atoms with Crippen LogP contribution in [0, 0.1) is 24.7 Å². The maximum absolute atomic E-state index is 13.7. The van der Waals surface area contributed by atoms with Gasteiger partial charge in [0.1, 0.15) is 25.1 Å². The van der Waals surface area contributed by atoms with Crippen molar-refractivity contribution in [2.75, 3.05) is 13.2 Å². The summed E-state index contributed by atoms with van der Waals surface area (Å²) in [6.45, 7) is -0.975. The van der Waals surface area contributed by atoms with Gasteiger partial charge in [-0.15, -0.1) is 12.8 Å². The smallest absolute Gasteiger partial charge is 0.334 e. The minimum absolute atomic E-state index is 0.145. The lowest BCUT2D eigenvalue weighted by molar-refractivity contribution is -0.0363. The molecule has 1 aromatic rings. The normalized spacial score (nSPS) is 23.2. The second-order valence-electron chi connectivity index (χ2n) is 4.83. The Bertz CT molecular complexity index is 770. The van der Waals surface area contributed by atoms with Crippen LogP contribution < -0.4 is 16.0 Å². The van der Waals surface area contributed by atoms with E-state index in [2.05, 4.69) is 11.8 Å². The van der Waals surface area contributed by atoms with E-state index in [1.54, 1.807) is 0 Å². The van der Waals surface area contributed by atoms with Crippen molar-refractivity contribution in [2.24, 2.45) is 0 Å². The number of terminal acetylenes is 2. The minimum atomic E-state index is -1.43. The van der Waals surface area contributed by atoms with E-state index in [9.17, 15) is 14.0 Å². The summed E-state index contributed by atoms with van der Waals surface area (Å²) in [7, 11) is 0. The van der Waals surface area contributed by atoms with Crippen molar-refractivity contribution in [1.29, 1.82) is 0 Å². The molecule has 1 aliphatic heterocycles. The standard InChI is InChI=1S/C15H15FN2O5/c1-3-5-17-14(20)11(22-6-4-2)8-18(15(17)21)13-7-10(16)12(9-19)23-13/h1-2,8,10,12-13,19H,5-7,9H2/t10-,12+,13+/m0/s1. The molecule has 0 saturated carbocycles. The van der Waals surface area contributed by atoms with Crippen LogP contribution in [0.2, 0.25) is 0 Å². The van der Waals surface area contributed by atoms with Gasteiger partial charge in [-0.1, -0.05) is 11.8 Å². The molecule has 1 aliphatic rings. The molecule has 0 bridgehead atoms. The number of hydrogen-bond acceptors (Lipinski definition) is 5. The second kappa shape index (κ2) is 7.14. The second-order valence-corrected chi connectivity index (χ2v) is 4.83. The molecule has 3 atom stereocenters. The molecule has 0 amide bonds. The Morgan fingerprint density at radius 2 is 2.17 bits per heavy atom. The molecular formula is C15H15FN2O5. The third kappa shape index (κ3) is 3.29. The molecule has 2 rings (SSSR count).